The van der Waals surface area contributed by atoms with Crippen LogP contribution in [0.5, 0.6) is 11.5 Å². The van der Waals surface area contributed by atoms with Gasteiger partial charge >= 0.3 is 0 Å². The Morgan fingerprint density at radius 2 is 1.76 bits per heavy atom. The zero-order valence-electron chi connectivity index (χ0n) is 19.8. The molecule has 1 saturated heterocycles. The molecule has 7 nitrogen and oxygen atoms in total. The number of hydrogen-bond acceptors (Lipinski definition) is 5. The SMILES string of the molecule is CC(C)(CNC(=O)C1CCN(S(=O)(=O)c2ccc3c(c2)CCC3)CC1)c1ccc2c(c1)OCO2. The smallest absolute Gasteiger partial charge is 0.243 e. The van der Waals surface area contributed by atoms with Crippen LogP contribution in [-0.2, 0) is 33.1 Å². The molecule has 0 atom stereocenters. The van der Waals surface area contributed by atoms with E-state index in [1.807, 2.05) is 30.3 Å². The van der Waals surface area contributed by atoms with E-state index in [1.165, 1.54) is 9.87 Å². The Bertz CT molecular complexity index is 1200. The van der Waals surface area contributed by atoms with E-state index in [4.69, 9.17) is 9.47 Å². The minimum absolute atomic E-state index is 0.0107. The zero-order chi connectivity index (χ0) is 23.9. The standard InChI is InChI=1S/C26H32N2O5S/c1-26(2,21-7-9-23-24(15-21)33-17-32-23)16-27-25(29)19-10-12-28(13-11-19)34(30,31)22-8-6-18-4-3-5-20(18)14-22/h6-9,14-15,19H,3-5,10-13,16-17H2,1-2H3,(H,27,29). The van der Waals surface area contributed by atoms with Crippen LogP contribution in [0.15, 0.2) is 41.3 Å². The number of ether oxygens (including phenoxy) is 2. The molecule has 0 aromatic heterocycles. The third kappa shape index (κ3) is 4.41. The average molecular weight is 485 g/mol. The highest BCUT2D eigenvalue weighted by atomic mass is 32.2. The van der Waals surface area contributed by atoms with Crippen LogP contribution >= 0.6 is 0 Å². The second-order valence-corrected chi connectivity index (χ2v) is 12.1. The predicted molar refractivity (Wildman–Crippen MR) is 129 cm³/mol. The Balaban J connectivity index is 1.17. The van der Waals surface area contributed by atoms with Crippen LogP contribution < -0.4 is 14.8 Å². The second kappa shape index (κ2) is 8.89. The molecule has 1 aliphatic carbocycles. The van der Waals surface area contributed by atoms with Crippen LogP contribution in [0, 0.1) is 5.92 Å². The summed E-state index contributed by atoms with van der Waals surface area (Å²) in [6, 6.07) is 11.4. The largest absolute Gasteiger partial charge is 0.454 e. The molecule has 1 fully saturated rings. The number of nitrogens with one attached hydrogen (secondary N) is 1. The predicted octanol–water partition coefficient (Wildman–Crippen LogP) is 3.40. The highest BCUT2D eigenvalue weighted by Crippen LogP contribution is 2.36. The summed E-state index contributed by atoms with van der Waals surface area (Å²) in [5.41, 5.74) is 3.19. The Morgan fingerprint density at radius 1 is 1.03 bits per heavy atom. The number of hydrogen-bond donors (Lipinski definition) is 1. The van der Waals surface area contributed by atoms with Crippen molar-refractivity contribution < 1.29 is 22.7 Å². The van der Waals surface area contributed by atoms with Gasteiger partial charge in [-0.25, -0.2) is 8.42 Å². The summed E-state index contributed by atoms with van der Waals surface area (Å²) in [4.78, 5) is 13.3. The van der Waals surface area contributed by atoms with Gasteiger partial charge < -0.3 is 14.8 Å². The summed E-state index contributed by atoms with van der Waals surface area (Å²) in [7, 11) is -3.53. The van der Waals surface area contributed by atoms with Gasteiger partial charge in [-0.05, 0) is 73.1 Å². The lowest BCUT2D eigenvalue weighted by atomic mass is 9.84. The number of carbonyl (C=O) groups is 1. The topological polar surface area (TPSA) is 84.9 Å². The third-order valence-corrected chi connectivity index (χ3v) is 9.29. The summed E-state index contributed by atoms with van der Waals surface area (Å²) in [6.45, 7) is 5.61. The van der Waals surface area contributed by atoms with E-state index in [2.05, 4.69) is 19.2 Å². The molecule has 0 unspecified atom stereocenters. The first-order valence-corrected chi connectivity index (χ1v) is 13.5. The van der Waals surface area contributed by atoms with Crippen LogP contribution in [0.1, 0.15) is 49.8 Å². The quantitative estimate of drug-likeness (QED) is 0.679. The zero-order valence-corrected chi connectivity index (χ0v) is 20.6. The molecule has 0 saturated carbocycles. The first-order chi connectivity index (χ1) is 16.2. The fourth-order valence-electron chi connectivity index (χ4n) is 5.09. The molecule has 2 heterocycles. The maximum atomic E-state index is 13.2. The lowest BCUT2D eigenvalue weighted by Crippen LogP contribution is -2.45. The number of benzene rings is 2. The molecule has 0 bridgehead atoms. The van der Waals surface area contributed by atoms with Crippen molar-refractivity contribution in [2.45, 2.75) is 56.3 Å². The van der Waals surface area contributed by atoms with Crippen molar-refractivity contribution in [3.8, 4) is 11.5 Å². The van der Waals surface area contributed by atoms with Gasteiger partial charge in [-0.3, -0.25) is 4.79 Å². The number of carbonyl (C=O) groups excluding carboxylic acids is 1. The Morgan fingerprint density at radius 3 is 2.56 bits per heavy atom. The van der Waals surface area contributed by atoms with Crippen molar-refractivity contribution in [2.24, 2.45) is 5.92 Å². The number of sulfonamides is 1. The first kappa shape index (κ1) is 23.2. The number of fused-ring (bicyclic) bond motifs is 2. The van der Waals surface area contributed by atoms with Gasteiger partial charge in [-0.2, -0.15) is 4.31 Å². The van der Waals surface area contributed by atoms with E-state index in [0.29, 0.717) is 37.4 Å². The Hall–Kier alpha value is -2.58. The van der Waals surface area contributed by atoms with Crippen molar-refractivity contribution in [3.63, 3.8) is 0 Å². The summed E-state index contributed by atoms with van der Waals surface area (Å²) >= 11 is 0. The Kier molecular flexibility index (Phi) is 6.06. The number of rotatable bonds is 6. The van der Waals surface area contributed by atoms with Crippen molar-refractivity contribution in [2.75, 3.05) is 26.4 Å². The van der Waals surface area contributed by atoms with E-state index in [9.17, 15) is 13.2 Å². The molecule has 2 aliphatic heterocycles. The maximum Gasteiger partial charge on any atom is 0.243 e. The molecule has 182 valence electrons. The highest BCUT2D eigenvalue weighted by molar-refractivity contribution is 7.89. The molecule has 34 heavy (non-hydrogen) atoms. The van der Waals surface area contributed by atoms with E-state index in [1.54, 1.807) is 6.07 Å². The van der Waals surface area contributed by atoms with Gasteiger partial charge in [0.05, 0.1) is 4.90 Å². The normalized spacial score (nSPS) is 18.6. The van der Waals surface area contributed by atoms with Crippen molar-refractivity contribution >= 4 is 15.9 Å². The summed E-state index contributed by atoms with van der Waals surface area (Å²) in [6.07, 6.45) is 4.12. The molecule has 1 N–H and O–H groups in total. The molecule has 5 rings (SSSR count). The highest BCUT2D eigenvalue weighted by Gasteiger charge is 2.33. The minimum atomic E-state index is -3.53. The maximum absolute atomic E-state index is 13.2. The van der Waals surface area contributed by atoms with E-state index < -0.39 is 10.0 Å². The molecule has 3 aliphatic rings. The molecule has 2 aromatic rings. The number of nitrogens with zero attached hydrogens (tertiary/aromatic N) is 1. The molecular formula is C26H32N2O5S. The molecule has 2 aromatic carbocycles. The van der Waals surface area contributed by atoms with Crippen LogP contribution in [0.2, 0.25) is 0 Å². The van der Waals surface area contributed by atoms with Crippen molar-refractivity contribution in [1.82, 2.24) is 9.62 Å². The molecular weight excluding hydrogens is 452 g/mol. The van der Waals surface area contributed by atoms with E-state index in [-0.39, 0.29) is 24.0 Å². The number of aryl methyl sites for hydroxylation is 2. The molecule has 0 spiro atoms. The fraction of sp³-hybridized carbons (Fsp3) is 0.500. The van der Waals surface area contributed by atoms with Crippen LogP contribution in [-0.4, -0.2) is 45.1 Å². The van der Waals surface area contributed by atoms with Gasteiger partial charge in [0, 0.05) is 31.0 Å². The van der Waals surface area contributed by atoms with Gasteiger partial charge in [0.25, 0.3) is 0 Å². The fourth-order valence-corrected chi connectivity index (χ4v) is 6.61. The Labute approximate surface area is 201 Å². The average Bonchev–Trinajstić information content (AvgIpc) is 3.51. The van der Waals surface area contributed by atoms with Gasteiger partial charge in [-0.15, -0.1) is 0 Å². The summed E-state index contributed by atoms with van der Waals surface area (Å²) < 4.78 is 38.7. The van der Waals surface area contributed by atoms with E-state index in [0.717, 1.165) is 41.9 Å². The lowest BCUT2D eigenvalue weighted by Gasteiger charge is -2.32. The van der Waals surface area contributed by atoms with Gasteiger partial charge in [-0.1, -0.05) is 26.0 Å². The second-order valence-electron chi connectivity index (χ2n) is 10.1. The van der Waals surface area contributed by atoms with Crippen molar-refractivity contribution in [1.29, 1.82) is 0 Å². The monoisotopic (exact) mass is 484 g/mol. The van der Waals surface area contributed by atoms with Crippen LogP contribution in [0.3, 0.4) is 0 Å². The molecule has 8 heteroatoms. The van der Waals surface area contributed by atoms with E-state index >= 15 is 0 Å². The molecule has 1 amide bonds. The number of amides is 1. The minimum Gasteiger partial charge on any atom is -0.454 e. The lowest BCUT2D eigenvalue weighted by molar-refractivity contribution is -0.126. The summed E-state index contributed by atoms with van der Waals surface area (Å²) in [5.74, 6) is 1.28. The van der Waals surface area contributed by atoms with Gasteiger partial charge in [0.2, 0.25) is 22.7 Å². The number of piperidine rings is 1. The van der Waals surface area contributed by atoms with Crippen molar-refractivity contribution in [3.05, 3.63) is 53.1 Å². The summed E-state index contributed by atoms with van der Waals surface area (Å²) in [5, 5.41) is 3.09. The molecule has 0 radical (unpaired) electrons. The third-order valence-electron chi connectivity index (χ3n) is 7.39. The van der Waals surface area contributed by atoms with Gasteiger partial charge in [0.1, 0.15) is 0 Å². The van der Waals surface area contributed by atoms with Crippen LogP contribution in [0.4, 0.5) is 0 Å². The van der Waals surface area contributed by atoms with Gasteiger partial charge in [0.15, 0.2) is 11.5 Å². The first-order valence-electron chi connectivity index (χ1n) is 12.0. The van der Waals surface area contributed by atoms with Crippen LogP contribution in [0.25, 0.3) is 0 Å².